The number of nitrogens with zero attached hydrogens (tertiary/aromatic N) is 1. The molecule has 0 saturated carbocycles. The smallest absolute Gasteiger partial charge is 0.254 e. The van der Waals surface area contributed by atoms with Gasteiger partial charge in [-0.1, -0.05) is 0 Å². The number of anilines is 1. The molecule has 0 spiro atoms. The third-order valence-electron chi connectivity index (χ3n) is 2.87. The molecule has 1 heterocycles. The van der Waals surface area contributed by atoms with Gasteiger partial charge in [0.25, 0.3) is 5.91 Å². The SMILES string of the molecule is CC1CSCCN1C(=O)c1ccc(F)c(N)c1. The van der Waals surface area contributed by atoms with Crippen molar-refractivity contribution in [3.8, 4) is 0 Å². The predicted octanol–water partition coefficient (Wildman–Crippen LogP) is 1.99. The van der Waals surface area contributed by atoms with E-state index in [1.54, 1.807) is 0 Å². The Balaban J connectivity index is 2.21. The Bertz CT molecular complexity index is 439. The minimum atomic E-state index is -0.483. The molecule has 1 aromatic rings. The number of nitrogens with two attached hydrogens (primary N) is 1. The standard InChI is InChI=1S/C12H15FN2OS/c1-8-7-17-5-4-15(8)12(16)9-2-3-10(13)11(14)6-9/h2-3,6,8H,4-5,7,14H2,1H3. The predicted molar refractivity (Wildman–Crippen MR) is 68.6 cm³/mol. The van der Waals surface area contributed by atoms with Gasteiger partial charge in [0.05, 0.1) is 5.69 Å². The van der Waals surface area contributed by atoms with Gasteiger partial charge in [0.15, 0.2) is 0 Å². The summed E-state index contributed by atoms with van der Waals surface area (Å²) in [5, 5.41) is 0. The molecule has 0 aromatic heterocycles. The molecule has 0 bridgehead atoms. The van der Waals surface area contributed by atoms with Gasteiger partial charge in [-0.05, 0) is 25.1 Å². The van der Waals surface area contributed by atoms with Crippen LogP contribution in [0.3, 0.4) is 0 Å². The summed E-state index contributed by atoms with van der Waals surface area (Å²) < 4.78 is 13.0. The molecule has 1 saturated heterocycles. The minimum absolute atomic E-state index is 0.0230. The number of carbonyl (C=O) groups is 1. The van der Waals surface area contributed by atoms with Gasteiger partial charge in [0, 0.05) is 29.7 Å². The molecule has 92 valence electrons. The summed E-state index contributed by atoms with van der Waals surface area (Å²) in [6.07, 6.45) is 0. The first-order valence-electron chi connectivity index (χ1n) is 5.53. The average molecular weight is 254 g/mol. The lowest BCUT2D eigenvalue weighted by Crippen LogP contribution is -2.44. The van der Waals surface area contributed by atoms with Crippen molar-refractivity contribution in [2.75, 3.05) is 23.8 Å². The van der Waals surface area contributed by atoms with Crippen LogP contribution in [0, 0.1) is 5.82 Å². The summed E-state index contributed by atoms with van der Waals surface area (Å²) in [6.45, 7) is 2.76. The van der Waals surface area contributed by atoms with E-state index >= 15 is 0 Å². The van der Waals surface area contributed by atoms with E-state index in [0.717, 1.165) is 18.1 Å². The van der Waals surface area contributed by atoms with E-state index in [1.165, 1.54) is 18.2 Å². The first-order valence-corrected chi connectivity index (χ1v) is 6.69. The van der Waals surface area contributed by atoms with Gasteiger partial charge >= 0.3 is 0 Å². The zero-order chi connectivity index (χ0) is 12.4. The molecule has 1 aliphatic rings. The van der Waals surface area contributed by atoms with E-state index < -0.39 is 5.82 Å². The lowest BCUT2D eigenvalue weighted by atomic mass is 10.1. The minimum Gasteiger partial charge on any atom is -0.396 e. The van der Waals surface area contributed by atoms with Crippen LogP contribution in [0.15, 0.2) is 18.2 Å². The molecule has 2 rings (SSSR count). The van der Waals surface area contributed by atoms with Crippen LogP contribution in [-0.4, -0.2) is 34.9 Å². The topological polar surface area (TPSA) is 46.3 Å². The fourth-order valence-corrected chi connectivity index (χ4v) is 2.88. The van der Waals surface area contributed by atoms with Crippen molar-refractivity contribution in [1.82, 2.24) is 4.90 Å². The highest BCUT2D eigenvalue weighted by Crippen LogP contribution is 2.20. The highest BCUT2D eigenvalue weighted by molar-refractivity contribution is 7.99. The second kappa shape index (κ2) is 4.96. The fourth-order valence-electron chi connectivity index (χ4n) is 1.87. The molecule has 1 unspecified atom stereocenters. The van der Waals surface area contributed by atoms with Crippen LogP contribution in [0.4, 0.5) is 10.1 Å². The van der Waals surface area contributed by atoms with Crippen molar-refractivity contribution in [2.24, 2.45) is 0 Å². The second-order valence-corrected chi connectivity index (χ2v) is 5.31. The highest BCUT2D eigenvalue weighted by atomic mass is 32.2. The molecule has 5 heteroatoms. The Kier molecular flexibility index (Phi) is 3.57. The molecule has 1 amide bonds. The monoisotopic (exact) mass is 254 g/mol. The Hall–Kier alpha value is -1.23. The Morgan fingerprint density at radius 3 is 3.00 bits per heavy atom. The van der Waals surface area contributed by atoms with Crippen LogP contribution in [0.5, 0.6) is 0 Å². The first kappa shape index (κ1) is 12.2. The molecule has 3 nitrogen and oxygen atoms in total. The van der Waals surface area contributed by atoms with E-state index in [2.05, 4.69) is 0 Å². The van der Waals surface area contributed by atoms with Crippen LogP contribution in [-0.2, 0) is 0 Å². The molecule has 2 N–H and O–H groups in total. The summed E-state index contributed by atoms with van der Waals surface area (Å²) in [6, 6.07) is 4.35. The molecule has 1 aliphatic heterocycles. The maximum absolute atomic E-state index is 13.0. The molecule has 0 radical (unpaired) electrons. The summed E-state index contributed by atoms with van der Waals surface area (Å²) in [5.74, 6) is 1.35. The van der Waals surface area contributed by atoms with Crippen molar-refractivity contribution in [3.05, 3.63) is 29.6 Å². The van der Waals surface area contributed by atoms with E-state index in [9.17, 15) is 9.18 Å². The van der Waals surface area contributed by atoms with E-state index in [-0.39, 0.29) is 17.6 Å². The van der Waals surface area contributed by atoms with Crippen LogP contribution >= 0.6 is 11.8 Å². The molecular weight excluding hydrogens is 239 g/mol. The van der Waals surface area contributed by atoms with Crippen molar-refractivity contribution in [3.63, 3.8) is 0 Å². The molecule has 1 atom stereocenters. The number of halogens is 1. The number of benzene rings is 1. The number of carbonyl (C=O) groups excluding carboxylic acids is 1. The number of rotatable bonds is 1. The van der Waals surface area contributed by atoms with Crippen LogP contribution in [0.2, 0.25) is 0 Å². The molecule has 1 fully saturated rings. The van der Waals surface area contributed by atoms with Gasteiger partial charge in [-0.2, -0.15) is 11.8 Å². The Morgan fingerprint density at radius 1 is 1.59 bits per heavy atom. The quantitative estimate of drug-likeness (QED) is 0.780. The Morgan fingerprint density at radius 2 is 2.35 bits per heavy atom. The molecule has 17 heavy (non-hydrogen) atoms. The summed E-state index contributed by atoms with van der Waals surface area (Å²) >= 11 is 1.85. The molecular formula is C12H15FN2OS. The molecule has 0 aliphatic carbocycles. The Labute approximate surface area is 104 Å². The van der Waals surface area contributed by atoms with E-state index in [1.807, 2.05) is 23.6 Å². The summed E-state index contributed by atoms with van der Waals surface area (Å²) in [7, 11) is 0. The largest absolute Gasteiger partial charge is 0.396 e. The average Bonchev–Trinajstić information content (AvgIpc) is 2.32. The van der Waals surface area contributed by atoms with Crippen molar-refractivity contribution in [1.29, 1.82) is 0 Å². The van der Waals surface area contributed by atoms with Crippen molar-refractivity contribution < 1.29 is 9.18 Å². The van der Waals surface area contributed by atoms with Gasteiger partial charge < -0.3 is 10.6 Å². The maximum Gasteiger partial charge on any atom is 0.254 e. The summed E-state index contributed by atoms with van der Waals surface area (Å²) in [4.78, 5) is 14.0. The van der Waals surface area contributed by atoms with E-state index in [4.69, 9.17) is 5.73 Å². The van der Waals surface area contributed by atoms with Crippen molar-refractivity contribution >= 4 is 23.4 Å². The van der Waals surface area contributed by atoms with Gasteiger partial charge in [-0.3, -0.25) is 4.79 Å². The van der Waals surface area contributed by atoms with Gasteiger partial charge in [-0.25, -0.2) is 4.39 Å². The number of hydrogen-bond acceptors (Lipinski definition) is 3. The van der Waals surface area contributed by atoms with E-state index in [0.29, 0.717) is 5.56 Å². The van der Waals surface area contributed by atoms with Gasteiger partial charge in [0.1, 0.15) is 5.82 Å². The van der Waals surface area contributed by atoms with Crippen LogP contribution < -0.4 is 5.73 Å². The van der Waals surface area contributed by atoms with Gasteiger partial charge in [-0.15, -0.1) is 0 Å². The second-order valence-electron chi connectivity index (χ2n) is 4.16. The number of amides is 1. The lowest BCUT2D eigenvalue weighted by Gasteiger charge is -2.33. The lowest BCUT2D eigenvalue weighted by molar-refractivity contribution is 0.0716. The third-order valence-corrected chi connectivity index (χ3v) is 4.06. The fraction of sp³-hybridized carbons (Fsp3) is 0.417. The zero-order valence-electron chi connectivity index (χ0n) is 9.65. The number of thioether (sulfide) groups is 1. The zero-order valence-corrected chi connectivity index (χ0v) is 10.5. The van der Waals surface area contributed by atoms with Crippen LogP contribution in [0.1, 0.15) is 17.3 Å². The number of nitrogen functional groups attached to an aromatic ring is 1. The number of hydrogen-bond donors (Lipinski definition) is 1. The third kappa shape index (κ3) is 2.54. The summed E-state index contributed by atoms with van der Waals surface area (Å²) in [5.41, 5.74) is 5.96. The molecule has 1 aromatic carbocycles. The normalized spacial score (nSPS) is 20.4. The highest BCUT2D eigenvalue weighted by Gasteiger charge is 2.24. The van der Waals surface area contributed by atoms with Crippen molar-refractivity contribution in [2.45, 2.75) is 13.0 Å². The first-order chi connectivity index (χ1) is 8.09. The van der Waals surface area contributed by atoms with Gasteiger partial charge in [0.2, 0.25) is 0 Å². The maximum atomic E-state index is 13.0. The van der Waals surface area contributed by atoms with Crippen LogP contribution in [0.25, 0.3) is 0 Å².